The molecule has 0 bridgehead atoms. The van der Waals surface area contributed by atoms with Crippen molar-refractivity contribution in [3.63, 3.8) is 0 Å². The van der Waals surface area contributed by atoms with Crippen molar-refractivity contribution >= 4 is 41.7 Å². The highest BCUT2D eigenvalue weighted by Crippen LogP contribution is 2.37. The normalized spacial score (nSPS) is 12.7. The van der Waals surface area contributed by atoms with Crippen LogP contribution in [0.15, 0.2) is 73.3 Å². The molecule has 2 aromatic carbocycles. The Labute approximate surface area is 244 Å². The molecule has 202 valence electrons. The monoisotopic (exact) mass is 559 g/mol. The van der Waals surface area contributed by atoms with E-state index in [4.69, 9.17) is 11.6 Å². The summed E-state index contributed by atoms with van der Waals surface area (Å²) in [5.41, 5.74) is 4.12. The highest BCUT2D eigenvalue weighted by atomic mass is 35.5. The Hall–Kier alpha value is -4.93. The van der Waals surface area contributed by atoms with Crippen molar-refractivity contribution in [3.05, 3.63) is 101 Å². The van der Waals surface area contributed by atoms with E-state index in [0.29, 0.717) is 45.3 Å². The minimum absolute atomic E-state index is 0.0214. The molecule has 0 amide bonds. The molecule has 0 aliphatic heterocycles. The fourth-order valence-corrected chi connectivity index (χ4v) is 4.81. The van der Waals surface area contributed by atoms with Crippen LogP contribution in [0.1, 0.15) is 43.2 Å². The summed E-state index contributed by atoms with van der Waals surface area (Å²) in [5.74, 6) is 0. The zero-order valence-corrected chi connectivity index (χ0v) is 23.9. The molecule has 5 aromatic rings. The number of halogens is 1. The second-order valence-electron chi connectivity index (χ2n) is 11.1. The number of nitrogens with zero attached hydrogens (tertiary/aromatic N) is 7. The van der Waals surface area contributed by atoms with Crippen molar-refractivity contribution in [1.82, 2.24) is 25.0 Å². The van der Waals surface area contributed by atoms with Crippen molar-refractivity contribution in [2.45, 2.75) is 26.2 Å². The Balaban J connectivity index is 1.65. The average Bonchev–Trinajstić information content (AvgIpc) is 3.47. The van der Waals surface area contributed by atoms with Crippen LogP contribution in [0.5, 0.6) is 0 Å². The molecule has 5 rings (SSSR count). The van der Waals surface area contributed by atoms with E-state index < -0.39 is 5.44 Å². The number of anilines is 2. The largest absolute Gasteiger partial charge is 0.383 e. The van der Waals surface area contributed by atoms with Gasteiger partial charge in [-0.25, -0.2) is 4.68 Å². The van der Waals surface area contributed by atoms with Crippen LogP contribution in [-0.2, 0) is 5.44 Å². The van der Waals surface area contributed by atoms with Gasteiger partial charge in [0.25, 0.3) is 0 Å². The summed E-state index contributed by atoms with van der Waals surface area (Å²) in [5, 5.41) is 36.5. The van der Waals surface area contributed by atoms with Gasteiger partial charge in [0.1, 0.15) is 19.6 Å². The predicted octanol–water partition coefficient (Wildman–Crippen LogP) is 5.01. The lowest BCUT2D eigenvalue weighted by Gasteiger charge is -2.31. The number of benzene rings is 2. The number of rotatable bonds is 7. The van der Waals surface area contributed by atoms with Gasteiger partial charge in [-0.3, -0.25) is 9.97 Å². The van der Waals surface area contributed by atoms with Gasteiger partial charge >= 0.3 is 0 Å². The molecule has 0 fully saturated rings. The summed E-state index contributed by atoms with van der Waals surface area (Å²) in [6, 6.07) is 19.3. The van der Waals surface area contributed by atoms with Crippen molar-refractivity contribution in [1.29, 1.82) is 10.5 Å². The van der Waals surface area contributed by atoms with E-state index in [-0.39, 0.29) is 5.41 Å². The molecule has 9 nitrogen and oxygen atoms in total. The first-order chi connectivity index (χ1) is 19.6. The zero-order chi connectivity index (χ0) is 29.2. The Bertz CT molecular complexity index is 1820. The van der Waals surface area contributed by atoms with E-state index in [1.807, 2.05) is 50.4 Å². The summed E-state index contributed by atoms with van der Waals surface area (Å²) in [6.45, 7) is 7.00. The minimum Gasteiger partial charge on any atom is -0.383 e. The van der Waals surface area contributed by atoms with Gasteiger partial charge in [0.15, 0.2) is 0 Å². The number of fused-ring (bicyclic) bond motifs is 1. The van der Waals surface area contributed by atoms with Gasteiger partial charge in [-0.05, 0) is 47.4 Å². The summed E-state index contributed by atoms with van der Waals surface area (Å²) < 4.78 is 1.65. The molecule has 0 aliphatic rings. The van der Waals surface area contributed by atoms with Gasteiger partial charge in [-0.2, -0.15) is 10.5 Å². The maximum absolute atomic E-state index is 9.85. The highest BCUT2D eigenvalue weighted by Gasteiger charge is 2.33. The van der Waals surface area contributed by atoms with E-state index in [9.17, 15) is 10.5 Å². The lowest BCUT2D eigenvalue weighted by molar-refractivity contribution is 0.443. The molecule has 3 aromatic heterocycles. The standard InChI is InChI=1S/C30H27BClN9/c1-29(2,3)18-37-27-20(14-34)15-36-28-24(27)11-22(12-25(28)32)38-30(31,21-7-4-6-19(10-21)13-33)26-17-41(40-39-26)23-8-5-9-35-16-23/h4-12,15-17,38H,18,31H2,1-3H3,(H,36,37). The van der Waals surface area contributed by atoms with E-state index in [1.54, 1.807) is 35.4 Å². The van der Waals surface area contributed by atoms with Gasteiger partial charge < -0.3 is 10.6 Å². The smallest absolute Gasteiger partial charge is 0.148 e. The number of nitriles is 2. The van der Waals surface area contributed by atoms with Crippen LogP contribution in [0.3, 0.4) is 0 Å². The molecule has 0 saturated carbocycles. The first-order valence-corrected chi connectivity index (χ1v) is 13.4. The Morgan fingerprint density at radius 1 is 1.05 bits per heavy atom. The fraction of sp³-hybridized carbons (Fsp3) is 0.200. The summed E-state index contributed by atoms with van der Waals surface area (Å²) in [4.78, 5) is 8.66. The molecule has 1 unspecified atom stereocenters. The van der Waals surface area contributed by atoms with Crippen LogP contribution in [-0.4, -0.2) is 39.4 Å². The van der Waals surface area contributed by atoms with Crippen molar-refractivity contribution in [2.75, 3.05) is 17.2 Å². The van der Waals surface area contributed by atoms with Crippen LogP contribution in [0.2, 0.25) is 5.02 Å². The van der Waals surface area contributed by atoms with Crippen molar-refractivity contribution < 1.29 is 0 Å². The van der Waals surface area contributed by atoms with Crippen LogP contribution in [0.4, 0.5) is 11.4 Å². The van der Waals surface area contributed by atoms with Crippen molar-refractivity contribution in [3.8, 4) is 17.8 Å². The second kappa shape index (κ2) is 10.9. The quantitative estimate of drug-likeness (QED) is 0.266. The first-order valence-electron chi connectivity index (χ1n) is 13.0. The second-order valence-corrected chi connectivity index (χ2v) is 11.5. The lowest BCUT2D eigenvalue weighted by atomic mass is 9.69. The number of hydrogen-bond acceptors (Lipinski definition) is 8. The molecule has 11 heteroatoms. The molecule has 1 atom stereocenters. The van der Waals surface area contributed by atoms with Crippen LogP contribution >= 0.6 is 11.6 Å². The Kier molecular flexibility index (Phi) is 7.36. The van der Waals surface area contributed by atoms with Crippen LogP contribution in [0, 0.1) is 28.1 Å². The molecule has 0 aliphatic carbocycles. The van der Waals surface area contributed by atoms with Gasteiger partial charge in [-0.15, -0.1) is 5.10 Å². The molecule has 0 radical (unpaired) electrons. The number of pyridine rings is 2. The molecule has 41 heavy (non-hydrogen) atoms. The predicted molar refractivity (Wildman–Crippen MR) is 163 cm³/mol. The van der Waals surface area contributed by atoms with Crippen LogP contribution < -0.4 is 10.6 Å². The number of aromatic nitrogens is 5. The van der Waals surface area contributed by atoms with E-state index in [0.717, 1.165) is 16.6 Å². The number of nitrogens with one attached hydrogen (secondary N) is 2. The molecule has 2 N–H and O–H groups in total. The minimum atomic E-state index is -0.927. The third-order valence-electron chi connectivity index (χ3n) is 6.72. The van der Waals surface area contributed by atoms with E-state index in [2.05, 4.69) is 63.8 Å². The van der Waals surface area contributed by atoms with Gasteiger partial charge in [0.05, 0.1) is 56.9 Å². The summed E-state index contributed by atoms with van der Waals surface area (Å²) >= 11 is 6.78. The van der Waals surface area contributed by atoms with Crippen molar-refractivity contribution in [2.24, 2.45) is 5.41 Å². The van der Waals surface area contributed by atoms with E-state index >= 15 is 0 Å². The van der Waals surface area contributed by atoms with E-state index in [1.165, 1.54) is 0 Å². The molecular formula is C30H27BClN9. The maximum atomic E-state index is 9.85. The third-order valence-corrected chi connectivity index (χ3v) is 7.01. The summed E-state index contributed by atoms with van der Waals surface area (Å²) in [6.07, 6.45) is 6.77. The first kappa shape index (κ1) is 27.6. The number of hydrogen-bond donors (Lipinski definition) is 2. The lowest BCUT2D eigenvalue weighted by Crippen LogP contribution is -2.38. The molecular weight excluding hydrogens is 533 g/mol. The van der Waals surface area contributed by atoms with Gasteiger partial charge in [0.2, 0.25) is 0 Å². The Morgan fingerprint density at radius 3 is 2.59 bits per heavy atom. The van der Waals surface area contributed by atoms with Crippen LogP contribution in [0.25, 0.3) is 16.6 Å². The van der Waals surface area contributed by atoms with Gasteiger partial charge in [0, 0.05) is 30.0 Å². The highest BCUT2D eigenvalue weighted by molar-refractivity contribution is 6.36. The average molecular weight is 560 g/mol. The SMILES string of the molecule is BC(Nc1cc(Cl)c2ncc(C#N)c(NCC(C)(C)C)c2c1)(c1cccc(C#N)c1)c1cn(-c2cccnc2)nn1. The Morgan fingerprint density at radius 2 is 1.88 bits per heavy atom. The van der Waals surface area contributed by atoms with Gasteiger partial charge in [-0.1, -0.05) is 49.7 Å². The molecule has 0 saturated heterocycles. The third kappa shape index (κ3) is 5.70. The maximum Gasteiger partial charge on any atom is 0.148 e. The fourth-order valence-electron chi connectivity index (χ4n) is 4.54. The topological polar surface area (TPSA) is 128 Å². The molecule has 0 spiro atoms. The zero-order valence-electron chi connectivity index (χ0n) is 23.1. The summed E-state index contributed by atoms with van der Waals surface area (Å²) in [7, 11) is 1.97. The molecule has 3 heterocycles.